The molecule has 0 N–H and O–H groups in total. The van der Waals surface area contributed by atoms with E-state index in [0.717, 1.165) is 10.7 Å². The fraction of sp³-hybridized carbons (Fsp3) is 0.375. The topological polar surface area (TPSA) is 39.2 Å². The molecule has 2 aromatic rings. The number of carbonyl (C=O) groups is 1. The van der Waals surface area contributed by atoms with Gasteiger partial charge < -0.3 is 4.74 Å². The second-order valence-corrected chi connectivity index (χ2v) is 6.15. The number of benzene rings is 1. The van der Waals surface area contributed by atoms with Gasteiger partial charge in [0, 0.05) is 13.3 Å². The third kappa shape index (κ3) is 3.88. The number of rotatable bonds is 6. The van der Waals surface area contributed by atoms with Crippen molar-refractivity contribution in [3.8, 4) is 5.75 Å². The lowest BCUT2D eigenvalue weighted by Gasteiger charge is -2.05. The van der Waals surface area contributed by atoms with Gasteiger partial charge in [0.05, 0.1) is 22.2 Å². The van der Waals surface area contributed by atoms with E-state index in [1.54, 1.807) is 25.1 Å². The number of ether oxygens (including phenoxy) is 1. The zero-order valence-corrected chi connectivity index (χ0v) is 13.2. The lowest BCUT2D eigenvalue weighted by Crippen LogP contribution is -2.03. The average molecular weight is 307 g/mol. The highest BCUT2D eigenvalue weighted by Crippen LogP contribution is 2.26. The molecule has 2 rings (SSSR count). The summed E-state index contributed by atoms with van der Waals surface area (Å²) >= 11 is 1.40. The van der Waals surface area contributed by atoms with E-state index in [9.17, 15) is 9.18 Å². The van der Waals surface area contributed by atoms with Crippen LogP contribution in [0.3, 0.4) is 0 Å². The van der Waals surface area contributed by atoms with Crippen molar-refractivity contribution >= 4 is 17.1 Å². The second kappa shape index (κ2) is 6.80. The molecule has 112 valence electrons. The molecule has 0 amide bonds. The Bertz CT molecular complexity index is 637. The predicted octanol–water partition coefficient (Wildman–Crippen LogP) is 4.23. The molecule has 0 radical (unpaired) electrons. The first-order chi connectivity index (χ1) is 9.99. The summed E-state index contributed by atoms with van der Waals surface area (Å²) in [6.45, 7) is 5.92. The number of aromatic nitrogens is 1. The van der Waals surface area contributed by atoms with Crippen LogP contribution in [0, 0.1) is 5.82 Å². The first-order valence-electron chi connectivity index (χ1n) is 6.87. The van der Waals surface area contributed by atoms with E-state index in [-0.39, 0.29) is 23.3 Å². The highest BCUT2D eigenvalue weighted by molar-refractivity contribution is 7.13. The molecule has 0 aliphatic heterocycles. The standard InChI is InChI=1S/C16H18FNO2S/c1-10(2)15-16(11(3)19)21-14(18-15)8-9-20-13-7-5-4-6-12(13)17/h4-7,10H,8-9H2,1-3H3. The maximum Gasteiger partial charge on any atom is 0.171 e. The minimum absolute atomic E-state index is 0.0393. The van der Waals surface area contributed by atoms with Crippen LogP contribution >= 0.6 is 11.3 Å². The van der Waals surface area contributed by atoms with E-state index in [4.69, 9.17) is 4.74 Å². The third-order valence-corrected chi connectivity index (χ3v) is 4.21. The molecule has 0 atom stereocenters. The van der Waals surface area contributed by atoms with E-state index in [0.29, 0.717) is 17.9 Å². The van der Waals surface area contributed by atoms with E-state index >= 15 is 0 Å². The quantitative estimate of drug-likeness (QED) is 0.750. The number of ketones is 1. The first kappa shape index (κ1) is 15.6. The van der Waals surface area contributed by atoms with Crippen LogP contribution in [0.5, 0.6) is 5.75 Å². The summed E-state index contributed by atoms with van der Waals surface area (Å²) in [7, 11) is 0. The van der Waals surface area contributed by atoms with Gasteiger partial charge in [-0.25, -0.2) is 9.37 Å². The van der Waals surface area contributed by atoms with Crippen LogP contribution in [-0.4, -0.2) is 17.4 Å². The molecule has 0 bridgehead atoms. The normalized spacial score (nSPS) is 10.9. The van der Waals surface area contributed by atoms with Crippen LogP contribution in [-0.2, 0) is 6.42 Å². The minimum atomic E-state index is -0.371. The SMILES string of the molecule is CC(=O)c1sc(CCOc2ccccc2F)nc1C(C)C. The van der Waals surface area contributed by atoms with Gasteiger partial charge in [-0.05, 0) is 18.1 Å². The molecule has 1 heterocycles. The molecule has 21 heavy (non-hydrogen) atoms. The van der Waals surface area contributed by atoms with Crippen molar-refractivity contribution in [2.75, 3.05) is 6.61 Å². The van der Waals surface area contributed by atoms with Crippen LogP contribution in [0.1, 0.15) is 47.1 Å². The van der Waals surface area contributed by atoms with Gasteiger partial charge in [-0.15, -0.1) is 11.3 Å². The molecule has 0 aliphatic rings. The molecule has 0 spiro atoms. The van der Waals surface area contributed by atoms with Crippen LogP contribution in [0.15, 0.2) is 24.3 Å². The van der Waals surface area contributed by atoms with E-state index in [1.807, 2.05) is 13.8 Å². The Hall–Kier alpha value is -1.75. The highest BCUT2D eigenvalue weighted by atomic mass is 32.1. The zero-order chi connectivity index (χ0) is 15.4. The molecule has 1 aromatic carbocycles. The molecular formula is C16H18FNO2S. The number of nitrogens with zero attached hydrogens (tertiary/aromatic N) is 1. The average Bonchev–Trinajstić information content (AvgIpc) is 2.85. The van der Waals surface area contributed by atoms with E-state index in [1.165, 1.54) is 17.4 Å². The maximum absolute atomic E-state index is 13.4. The van der Waals surface area contributed by atoms with Crippen molar-refractivity contribution in [2.45, 2.75) is 33.1 Å². The third-order valence-electron chi connectivity index (χ3n) is 2.97. The van der Waals surface area contributed by atoms with Crippen molar-refractivity contribution in [2.24, 2.45) is 0 Å². The number of hydrogen-bond donors (Lipinski definition) is 0. The van der Waals surface area contributed by atoms with Gasteiger partial charge in [-0.3, -0.25) is 4.79 Å². The Morgan fingerprint density at radius 3 is 2.67 bits per heavy atom. The molecule has 0 fully saturated rings. The fourth-order valence-corrected chi connectivity index (χ4v) is 3.03. The molecule has 0 saturated carbocycles. The van der Waals surface area contributed by atoms with Gasteiger partial charge in [0.1, 0.15) is 0 Å². The monoisotopic (exact) mass is 307 g/mol. The number of carbonyl (C=O) groups excluding carboxylic acids is 1. The highest BCUT2D eigenvalue weighted by Gasteiger charge is 2.17. The number of hydrogen-bond acceptors (Lipinski definition) is 4. The number of para-hydroxylation sites is 1. The van der Waals surface area contributed by atoms with Gasteiger partial charge in [0.15, 0.2) is 17.3 Å². The van der Waals surface area contributed by atoms with Gasteiger partial charge >= 0.3 is 0 Å². The summed E-state index contributed by atoms with van der Waals surface area (Å²) in [5.41, 5.74) is 0.841. The van der Waals surface area contributed by atoms with Gasteiger partial charge in [-0.1, -0.05) is 26.0 Å². The Morgan fingerprint density at radius 2 is 2.10 bits per heavy atom. The summed E-state index contributed by atoms with van der Waals surface area (Å²) in [6, 6.07) is 6.31. The maximum atomic E-state index is 13.4. The summed E-state index contributed by atoms with van der Waals surface area (Å²) in [5.74, 6) is 0.118. The lowest BCUT2D eigenvalue weighted by molar-refractivity contribution is 0.102. The smallest absolute Gasteiger partial charge is 0.171 e. The first-order valence-corrected chi connectivity index (χ1v) is 7.68. The van der Waals surface area contributed by atoms with E-state index in [2.05, 4.69) is 4.98 Å². The second-order valence-electron chi connectivity index (χ2n) is 5.06. The minimum Gasteiger partial charge on any atom is -0.490 e. The predicted molar refractivity (Wildman–Crippen MR) is 81.8 cm³/mol. The molecule has 5 heteroatoms. The molecule has 0 aliphatic carbocycles. The summed E-state index contributed by atoms with van der Waals surface area (Å²) < 4.78 is 18.8. The number of Topliss-reactive ketones (excluding diaryl/α,β-unsaturated/α-hetero) is 1. The largest absolute Gasteiger partial charge is 0.490 e. The summed E-state index contributed by atoms with van der Waals surface area (Å²) in [5, 5.41) is 0.847. The lowest BCUT2D eigenvalue weighted by atomic mass is 10.1. The summed E-state index contributed by atoms with van der Waals surface area (Å²) in [4.78, 5) is 16.8. The summed E-state index contributed by atoms with van der Waals surface area (Å²) in [6.07, 6.45) is 0.562. The Balaban J connectivity index is 2.02. The van der Waals surface area contributed by atoms with Crippen molar-refractivity contribution < 1.29 is 13.9 Å². The fourth-order valence-electron chi connectivity index (χ4n) is 1.94. The number of thiazole rings is 1. The molecule has 0 saturated heterocycles. The Labute approximate surface area is 127 Å². The molecular weight excluding hydrogens is 289 g/mol. The molecule has 1 aromatic heterocycles. The number of halogens is 1. The van der Waals surface area contributed by atoms with Gasteiger partial charge in [-0.2, -0.15) is 0 Å². The Kier molecular flexibility index (Phi) is 5.07. The van der Waals surface area contributed by atoms with Crippen molar-refractivity contribution in [1.82, 2.24) is 4.98 Å². The van der Waals surface area contributed by atoms with E-state index < -0.39 is 0 Å². The van der Waals surface area contributed by atoms with Crippen molar-refractivity contribution in [3.05, 3.63) is 45.7 Å². The molecule has 0 unspecified atom stereocenters. The van der Waals surface area contributed by atoms with Gasteiger partial charge in [0.25, 0.3) is 0 Å². The van der Waals surface area contributed by atoms with Gasteiger partial charge in [0.2, 0.25) is 0 Å². The Morgan fingerprint density at radius 1 is 1.38 bits per heavy atom. The van der Waals surface area contributed by atoms with Crippen LogP contribution in [0.2, 0.25) is 0 Å². The van der Waals surface area contributed by atoms with Crippen molar-refractivity contribution in [1.29, 1.82) is 0 Å². The zero-order valence-electron chi connectivity index (χ0n) is 12.4. The molecule has 3 nitrogen and oxygen atoms in total. The van der Waals surface area contributed by atoms with Crippen molar-refractivity contribution in [3.63, 3.8) is 0 Å². The van der Waals surface area contributed by atoms with Crippen LogP contribution < -0.4 is 4.74 Å². The van der Waals surface area contributed by atoms with Crippen LogP contribution in [0.25, 0.3) is 0 Å². The van der Waals surface area contributed by atoms with Crippen LogP contribution in [0.4, 0.5) is 4.39 Å².